The summed E-state index contributed by atoms with van der Waals surface area (Å²) >= 11 is 0. The molecule has 0 aliphatic heterocycles. The third-order valence-electron chi connectivity index (χ3n) is 4.39. The second kappa shape index (κ2) is 8.21. The highest BCUT2D eigenvalue weighted by molar-refractivity contribution is 6.05. The third-order valence-corrected chi connectivity index (χ3v) is 4.39. The van der Waals surface area contributed by atoms with Crippen molar-refractivity contribution in [1.29, 1.82) is 0 Å². The summed E-state index contributed by atoms with van der Waals surface area (Å²) in [5, 5.41) is 7.33. The van der Waals surface area contributed by atoms with Crippen molar-refractivity contribution in [2.75, 3.05) is 5.32 Å². The zero-order chi connectivity index (χ0) is 20.3. The molecule has 3 rings (SSSR count). The van der Waals surface area contributed by atoms with Crippen LogP contribution in [0.25, 0.3) is 0 Å². The molecule has 0 aliphatic carbocycles. The lowest BCUT2D eigenvalue weighted by Gasteiger charge is -2.09. The number of aryl methyl sites for hydroxylation is 2. The first-order valence-electron chi connectivity index (χ1n) is 8.79. The minimum absolute atomic E-state index is 0.0637. The van der Waals surface area contributed by atoms with Crippen molar-refractivity contribution < 1.29 is 18.3 Å². The zero-order valence-corrected chi connectivity index (χ0v) is 15.9. The normalized spacial score (nSPS) is 10.9. The monoisotopic (exact) mass is 385 g/mol. The van der Waals surface area contributed by atoms with E-state index in [0.717, 1.165) is 11.3 Å². The molecule has 0 spiro atoms. The Morgan fingerprint density at radius 3 is 2.54 bits per heavy atom. The van der Waals surface area contributed by atoms with Gasteiger partial charge in [0.1, 0.15) is 5.75 Å². The Balaban J connectivity index is 1.78. The quantitative estimate of drug-likeness (QED) is 0.669. The van der Waals surface area contributed by atoms with Gasteiger partial charge < -0.3 is 10.1 Å². The Hall–Kier alpha value is -3.22. The van der Waals surface area contributed by atoms with Gasteiger partial charge in [0, 0.05) is 5.56 Å². The molecule has 0 radical (unpaired) electrons. The highest BCUT2D eigenvalue weighted by Crippen LogP contribution is 2.23. The van der Waals surface area contributed by atoms with Gasteiger partial charge in [-0.05, 0) is 44.5 Å². The minimum atomic E-state index is -2.94. The minimum Gasteiger partial charge on any atom is -0.435 e. The maximum atomic E-state index is 12.6. The average molecular weight is 385 g/mol. The van der Waals surface area contributed by atoms with Gasteiger partial charge in [-0.25, -0.2) is 0 Å². The number of aromatic nitrogens is 2. The molecule has 1 aromatic heterocycles. The van der Waals surface area contributed by atoms with Crippen molar-refractivity contribution in [2.24, 2.45) is 0 Å². The summed E-state index contributed by atoms with van der Waals surface area (Å²) < 4.78 is 30.9. The van der Waals surface area contributed by atoms with Gasteiger partial charge in [-0.1, -0.05) is 35.9 Å². The predicted molar refractivity (Wildman–Crippen MR) is 103 cm³/mol. The molecule has 0 aliphatic rings. The van der Waals surface area contributed by atoms with Gasteiger partial charge in [-0.3, -0.25) is 9.48 Å². The topological polar surface area (TPSA) is 56.2 Å². The van der Waals surface area contributed by atoms with Crippen molar-refractivity contribution in [1.82, 2.24) is 9.78 Å². The summed E-state index contributed by atoms with van der Waals surface area (Å²) in [6.45, 7) is 3.36. The third kappa shape index (κ3) is 4.54. The largest absolute Gasteiger partial charge is 0.435 e. The summed E-state index contributed by atoms with van der Waals surface area (Å²) in [4.78, 5) is 12.6. The fourth-order valence-electron chi connectivity index (χ4n) is 2.90. The van der Waals surface area contributed by atoms with Crippen LogP contribution in [0.15, 0.2) is 48.5 Å². The number of ether oxygens (including phenoxy) is 1. The fraction of sp³-hybridized carbons (Fsp3) is 0.238. The summed E-state index contributed by atoms with van der Waals surface area (Å²) in [5.41, 5.74) is 4.61. The number of halogens is 2. The van der Waals surface area contributed by atoms with Gasteiger partial charge in [0.15, 0.2) is 0 Å². The molecule has 3 aromatic rings. The molecule has 2 aromatic carbocycles. The van der Waals surface area contributed by atoms with Gasteiger partial charge in [0.25, 0.3) is 5.91 Å². The van der Waals surface area contributed by atoms with E-state index in [2.05, 4.69) is 15.2 Å². The first-order valence-corrected chi connectivity index (χ1v) is 8.79. The van der Waals surface area contributed by atoms with Crippen molar-refractivity contribution in [3.8, 4) is 5.75 Å². The van der Waals surface area contributed by atoms with Crippen molar-refractivity contribution >= 4 is 11.6 Å². The summed E-state index contributed by atoms with van der Waals surface area (Å²) in [7, 11) is 0. The number of hydrogen-bond acceptors (Lipinski definition) is 3. The van der Waals surface area contributed by atoms with Gasteiger partial charge in [-0.2, -0.15) is 13.9 Å². The van der Waals surface area contributed by atoms with Crippen molar-refractivity contribution in [2.45, 2.75) is 33.9 Å². The van der Waals surface area contributed by atoms with Crippen molar-refractivity contribution in [3.05, 3.63) is 76.6 Å². The number of benzene rings is 2. The molecule has 5 nitrogen and oxygen atoms in total. The van der Waals surface area contributed by atoms with E-state index in [4.69, 9.17) is 0 Å². The van der Waals surface area contributed by atoms with E-state index in [1.54, 1.807) is 0 Å². The van der Waals surface area contributed by atoms with Crippen LogP contribution in [0.4, 0.5) is 14.5 Å². The molecule has 146 valence electrons. The number of amides is 1. The van der Waals surface area contributed by atoms with Crippen LogP contribution in [0.2, 0.25) is 0 Å². The lowest BCUT2D eigenvalue weighted by Crippen LogP contribution is -2.14. The van der Waals surface area contributed by atoms with Crippen LogP contribution >= 0.6 is 0 Å². The number of nitrogens with zero attached hydrogens (tertiary/aromatic N) is 2. The molecule has 0 saturated heterocycles. The smallest absolute Gasteiger partial charge is 0.387 e. The van der Waals surface area contributed by atoms with Crippen LogP contribution < -0.4 is 10.1 Å². The second-order valence-corrected chi connectivity index (χ2v) is 6.55. The zero-order valence-electron chi connectivity index (χ0n) is 15.9. The molecule has 0 saturated carbocycles. The Kier molecular flexibility index (Phi) is 5.73. The maximum Gasteiger partial charge on any atom is 0.387 e. The predicted octanol–water partition coefficient (Wildman–Crippen LogP) is 4.71. The van der Waals surface area contributed by atoms with E-state index in [0.29, 0.717) is 17.9 Å². The summed E-state index contributed by atoms with van der Waals surface area (Å²) in [6.07, 6.45) is 0. The maximum absolute atomic E-state index is 12.6. The van der Waals surface area contributed by atoms with Crippen LogP contribution in [0, 0.1) is 20.8 Å². The van der Waals surface area contributed by atoms with Crippen molar-refractivity contribution in [3.63, 3.8) is 0 Å². The van der Waals surface area contributed by atoms with Gasteiger partial charge in [0.05, 0.1) is 23.6 Å². The number of anilines is 1. The SMILES string of the molecule is Cc1ccc(Cn2nc(C)c(NC(=O)c3cccc(OC(F)F)c3)c2C)cc1. The number of alkyl halides is 2. The van der Waals surface area contributed by atoms with Gasteiger partial charge >= 0.3 is 6.61 Å². The van der Waals surface area contributed by atoms with Gasteiger partial charge in [0.2, 0.25) is 0 Å². The summed E-state index contributed by atoms with van der Waals surface area (Å²) in [5.74, 6) is -0.480. The van der Waals surface area contributed by atoms with E-state index >= 15 is 0 Å². The van der Waals surface area contributed by atoms with Crippen LogP contribution in [-0.2, 0) is 6.54 Å². The van der Waals surface area contributed by atoms with E-state index < -0.39 is 12.5 Å². The molecule has 1 N–H and O–H groups in total. The molecule has 0 unspecified atom stereocenters. The molecular formula is C21H21F2N3O2. The van der Waals surface area contributed by atoms with Crippen LogP contribution in [0.5, 0.6) is 5.75 Å². The standard InChI is InChI=1S/C21H21F2N3O2/c1-13-7-9-16(10-8-13)12-26-15(3)19(14(2)25-26)24-20(27)17-5-4-6-18(11-17)28-21(22)23/h4-11,21H,12H2,1-3H3,(H,24,27). The van der Waals surface area contributed by atoms with E-state index in [9.17, 15) is 13.6 Å². The Labute approximate surface area is 161 Å². The van der Waals surface area contributed by atoms with Gasteiger partial charge in [-0.15, -0.1) is 0 Å². The first-order chi connectivity index (χ1) is 13.3. The number of carbonyl (C=O) groups is 1. The average Bonchev–Trinajstić information content (AvgIpc) is 2.90. The molecule has 28 heavy (non-hydrogen) atoms. The van der Waals surface area contributed by atoms with E-state index in [-0.39, 0.29) is 11.3 Å². The van der Waals surface area contributed by atoms with E-state index in [1.807, 2.05) is 49.7 Å². The summed E-state index contributed by atoms with van der Waals surface area (Å²) in [6, 6.07) is 13.8. The fourth-order valence-corrected chi connectivity index (χ4v) is 2.90. The lowest BCUT2D eigenvalue weighted by atomic mass is 10.1. The van der Waals surface area contributed by atoms with E-state index in [1.165, 1.54) is 29.8 Å². The molecule has 0 bridgehead atoms. The Morgan fingerprint density at radius 2 is 1.86 bits per heavy atom. The number of carbonyl (C=O) groups excluding carboxylic acids is 1. The highest BCUT2D eigenvalue weighted by atomic mass is 19.3. The molecular weight excluding hydrogens is 364 g/mol. The highest BCUT2D eigenvalue weighted by Gasteiger charge is 2.16. The van der Waals surface area contributed by atoms with Crippen LogP contribution in [0.1, 0.15) is 32.9 Å². The molecule has 7 heteroatoms. The molecule has 0 atom stereocenters. The number of rotatable bonds is 6. The number of nitrogens with one attached hydrogen (secondary N) is 1. The van der Waals surface area contributed by atoms with Crippen LogP contribution in [0.3, 0.4) is 0 Å². The first kappa shape index (κ1) is 19.5. The Morgan fingerprint density at radius 1 is 1.14 bits per heavy atom. The molecule has 1 amide bonds. The second-order valence-electron chi connectivity index (χ2n) is 6.55. The Bertz CT molecular complexity index is 982. The lowest BCUT2D eigenvalue weighted by molar-refractivity contribution is -0.0498. The molecule has 1 heterocycles. The molecule has 0 fully saturated rings. The number of hydrogen-bond donors (Lipinski definition) is 1. The van der Waals surface area contributed by atoms with Crippen LogP contribution in [-0.4, -0.2) is 22.3 Å².